The largest absolute Gasteiger partial charge is 0.490 e. The maximum Gasteiger partial charge on any atom is 0.163 e. The zero-order chi connectivity index (χ0) is 14.0. The van der Waals surface area contributed by atoms with Crippen LogP contribution < -0.4 is 19.7 Å². The summed E-state index contributed by atoms with van der Waals surface area (Å²) in [5, 5.41) is 3.60. The number of hydrogen-bond acceptors (Lipinski definition) is 4. The number of fused-ring (bicyclic) bond motifs is 1. The average Bonchev–Trinajstić information content (AvgIpc) is 2.75. The van der Waals surface area contributed by atoms with E-state index in [-0.39, 0.29) is 5.54 Å². The standard InChI is InChI=1S/C16H24N2O2/c1-16(2)12-18(8-3-7-17-16)13-5-6-14-15(11-13)20-10-4-9-19-14/h5-6,11,17H,3-4,7-10,12H2,1-2H3. The number of hydrogen-bond donors (Lipinski definition) is 1. The molecule has 1 fully saturated rings. The van der Waals surface area contributed by atoms with Crippen molar-refractivity contribution in [1.29, 1.82) is 0 Å². The Kier molecular flexibility index (Phi) is 3.74. The number of rotatable bonds is 1. The van der Waals surface area contributed by atoms with E-state index in [1.54, 1.807) is 0 Å². The Labute approximate surface area is 121 Å². The normalized spacial score (nSPS) is 22.0. The first-order chi connectivity index (χ1) is 9.64. The van der Waals surface area contributed by atoms with Crippen molar-refractivity contribution in [2.24, 2.45) is 0 Å². The van der Waals surface area contributed by atoms with Gasteiger partial charge in [0.2, 0.25) is 0 Å². The van der Waals surface area contributed by atoms with E-state index in [9.17, 15) is 0 Å². The van der Waals surface area contributed by atoms with Crippen LogP contribution in [-0.4, -0.2) is 38.4 Å². The van der Waals surface area contributed by atoms with Crippen LogP contribution in [0.1, 0.15) is 26.7 Å². The first-order valence-electron chi connectivity index (χ1n) is 7.54. The molecule has 2 aliphatic heterocycles. The number of benzene rings is 1. The Morgan fingerprint density at radius 2 is 1.90 bits per heavy atom. The average molecular weight is 276 g/mol. The molecule has 0 aliphatic carbocycles. The summed E-state index contributed by atoms with van der Waals surface area (Å²) >= 11 is 0. The Morgan fingerprint density at radius 1 is 1.10 bits per heavy atom. The zero-order valence-electron chi connectivity index (χ0n) is 12.4. The van der Waals surface area contributed by atoms with Crippen LogP contribution in [0, 0.1) is 0 Å². The molecule has 2 heterocycles. The third kappa shape index (κ3) is 3.01. The maximum absolute atomic E-state index is 5.80. The molecule has 1 N–H and O–H groups in total. The van der Waals surface area contributed by atoms with Crippen LogP contribution in [0.3, 0.4) is 0 Å². The fraction of sp³-hybridized carbons (Fsp3) is 0.625. The molecule has 0 spiro atoms. The van der Waals surface area contributed by atoms with E-state index in [4.69, 9.17) is 9.47 Å². The summed E-state index contributed by atoms with van der Waals surface area (Å²) in [5.74, 6) is 1.76. The van der Waals surface area contributed by atoms with Gasteiger partial charge in [0.1, 0.15) is 0 Å². The molecule has 1 aromatic rings. The van der Waals surface area contributed by atoms with Crippen LogP contribution in [0.15, 0.2) is 18.2 Å². The molecule has 0 atom stereocenters. The van der Waals surface area contributed by atoms with Crippen LogP contribution in [0.4, 0.5) is 5.69 Å². The summed E-state index contributed by atoms with van der Waals surface area (Å²) in [6, 6.07) is 6.32. The van der Waals surface area contributed by atoms with Crippen LogP contribution in [0.2, 0.25) is 0 Å². The molecule has 0 radical (unpaired) electrons. The van der Waals surface area contributed by atoms with Gasteiger partial charge in [-0.15, -0.1) is 0 Å². The summed E-state index contributed by atoms with van der Waals surface area (Å²) in [4.78, 5) is 2.44. The molecule has 1 aromatic carbocycles. The van der Waals surface area contributed by atoms with Crippen molar-refractivity contribution >= 4 is 5.69 Å². The summed E-state index contributed by atoms with van der Waals surface area (Å²) in [6.07, 6.45) is 2.11. The van der Waals surface area contributed by atoms with Crippen LogP contribution in [-0.2, 0) is 0 Å². The predicted octanol–water partition coefficient (Wildman–Crippen LogP) is 2.43. The van der Waals surface area contributed by atoms with Crippen LogP contribution in [0.25, 0.3) is 0 Å². The van der Waals surface area contributed by atoms with E-state index >= 15 is 0 Å². The molecular formula is C16H24N2O2. The fourth-order valence-electron chi connectivity index (χ4n) is 2.88. The van der Waals surface area contributed by atoms with Gasteiger partial charge in [-0.25, -0.2) is 0 Å². The second-order valence-corrected chi connectivity index (χ2v) is 6.27. The maximum atomic E-state index is 5.80. The summed E-state index contributed by atoms with van der Waals surface area (Å²) in [7, 11) is 0. The van der Waals surface area contributed by atoms with Gasteiger partial charge in [-0.3, -0.25) is 0 Å². The van der Waals surface area contributed by atoms with Crippen molar-refractivity contribution in [3.8, 4) is 11.5 Å². The Hall–Kier alpha value is -1.42. The molecule has 4 heteroatoms. The number of ether oxygens (including phenoxy) is 2. The lowest BCUT2D eigenvalue weighted by atomic mass is 10.1. The molecule has 2 aliphatic rings. The molecule has 0 saturated carbocycles. The van der Waals surface area contributed by atoms with Crippen molar-refractivity contribution in [3.05, 3.63) is 18.2 Å². The van der Waals surface area contributed by atoms with Gasteiger partial charge < -0.3 is 19.7 Å². The van der Waals surface area contributed by atoms with Crippen LogP contribution in [0.5, 0.6) is 11.5 Å². The highest BCUT2D eigenvalue weighted by molar-refractivity contribution is 5.57. The van der Waals surface area contributed by atoms with Gasteiger partial charge in [0, 0.05) is 36.8 Å². The summed E-state index contributed by atoms with van der Waals surface area (Å²) < 4.78 is 11.5. The van der Waals surface area contributed by atoms with Crippen LogP contribution >= 0.6 is 0 Å². The van der Waals surface area contributed by atoms with E-state index in [0.717, 1.165) is 57.2 Å². The molecule has 110 valence electrons. The van der Waals surface area contributed by atoms with E-state index in [1.165, 1.54) is 5.69 Å². The van der Waals surface area contributed by atoms with Gasteiger partial charge in [-0.1, -0.05) is 0 Å². The summed E-state index contributed by atoms with van der Waals surface area (Å²) in [5.41, 5.74) is 1.37. The van der Waals surface area contributed by atoms with Crippen molar-refractivity contribution in [1.82, 2.24) is 5.32 Å². The molecule has 0 amide bonds. The van der Waals surface area contributed by atoms with E-state index in [2.05, 4.69) is 36.2 Å². The molecular weight excluding hydrogens is 252 g/mol. The highest BCUT2D eigenvalue weighted by atomic mass is 16.5. The van der Waals surface area contributed by atoms with E-state index in [0.29, 0.717) is 0 Å². The van der Waals surface area contributed by atoms with Gasteiger partial charge in [-0.2, -0.15) is 0 Å². The first-order valence-corrected chi connectivity index (χ1v) is 7.54. The number of anilines is 1. The lowest BCUT2D eigenvalue weighted by molar-refractivity contribution is 0.297. The molecule has 20 heavy (non-hydrogen) atoms. The van der Waals surface area contributed by atoms with Crippen molar-refractivity contribution in [2.45, 2.75) is 32.2 Å². The third-order valence-electron chi connectivity index (χ3n) is 3.89. The SMILES string of the molecule is CC1(C)CN(c2ccc3c(c2)OCCCO3)CCCN1. The van der Waals surface area contributed by atoms with Gasteiger partial charge in [0.15, 0.2) is 11.5 Å². The third-order valence-corrected chi connectivity index (χ3v) is 3.89. The van der Waals surface area contributed by atoms with Crippen molar-refractivity contribution < 1.29 is 9.47 Å². The minimum atomic E-state index is 0.140. The lowest BCUT2D eigenvalue weighted by Gasteiger charge is -2.31. The smallest absolute Gasteiger partial charge is 0.163 e. The Balaban J connectivity index is 1.84. The molecule has 0 aromatic heterocycles. The fourth-order valence-corrected chi connectivity index (χ4v) is 2.88. The quantitative estimate of drug-likeness (QED) is 0.854. The molecule has 0 unspecified atom stereocenters. The molecule has 1 saturated heterocycles. The lowest BCUT2D eigenvalue weighted by Crippen LogP contribution is -2.46. The van der Waals surface area contributed by atoms with Gasteiger partial charge in [0.05, 0.1) is 13.2 Å². The highest BCUT2D eigenvalue weighted by Crippen LogP contribution is 2.34. The van der Waals surface area contributed by atoms with Gasteiger partial charge >= 0.3 is 0 Å². The Bertz CT molecular complexity index is 474. The zero-order valence-corrected chi connectivity index (χ0v) is 12.4. The molecule has 3 rings (SSSR count). The predicted molar refractivity (Wildman–Crippen MR) is 81.0 cm³/mol. The van der Waals surface area contributed by atoms with Gasteiger partial charge in [-0.05, 0) is 38.9 Å². The highest BCUT2D eigenvalue weighted by Gasteiger charge is 2.25. The second kappa shape index (κ2) is 5.52. The minimum Gasteiger partial charge on any atom is -0.490 e. The number of nitrogens with zero attached hydrogens (tertiary/aromatic N) is 1. The Morgan fingerprint density at radius 3 is 2.75 bits per heavy atom. The molecule has 0 bridgehead atoms. The minimum absolute atomic E-state index is 0.140. The van der Waals surface area contributed by atoms with Crippen molar-refractivity contribution in [3.63, 3.8) is 0 Å². The monoisotopic (exact) mass is 276 g/mol. The summed E-state index contributed by atoms with van der Waals surface area (Å²) in [6.45, 7) is 9.16. The first kappa shape index (κ1) is 13.6. The molecule has 4 nitrogen and oxygen atoms in total. The van der Waals surface area contributed by atoms with E-state index in [1.807, 2.05) is 6.07 Å². The topological polar surface area (TPSA) is 33.7 Å². The van der Waals surface area contributed by atoms with E-state index < -0.39 is 0 Å². The second-order valence-electron chi connectivity index (χ2n) is 6.27. The number of nitrogens with one attached hydrogen (secondary N) is 1. The van der Waals surface area contributed by atoms with Crippen molar-refractivity contribution in [2.75, 3.05) is 37.7 Å². The van der Waals surface area contributed by atoms with Gasteiger partial charge in [0.25, 0.3) is 0 Å².